The second-order valence-electron chi connectivity index (χ2n) is 5.20. The second-order valence-corrected chi connectivity index (χ2v) is 5.20. The lowest BCUT2D eigenvalue weighted by Gasteiger charge is -2.22. The summed E-state index contributed by atoms with van der Waals surface area (Å²) in [6, 6.07) is 5.48. The summed E-state index contributed by atoms with van der Waals surface area (Å²) >= 11 is 0. The van der Waals surface area contributed by atoms with Gasteiger partial charge in [-0.3, -0.25) is 4.90 Å². The van der Waals surface area contributed by atoms with Crippen molar-refractivity contribution >= 4 is 17.0 Å². The summed E-state index contributed by atoms with van der Waals surface area (Å²) in [5.74, 6) is -0.936. The zero-order valence-electron chi connectivity index (χ0n) is 11.5. The SMILES string of the molecule is CCN1CCCC1Cn1nnc2cc(C(=O)O)ccc21. The Balaban J connectivity index is 1.87. The number of benzene rings is 1. The summed E-state index contributed by atoms with van der Waals surface area (Å²) in [5.41, 5.74) is 1.80. The smallest absolute Gasteiger partial charge is 0.335 e. The topological polar surface area (TPSA) is 71.2 Å². The van der Waals surface area contributed by atoms with Crippen molar-refractivity contribution in [2.24, 2.45) is 0 Å². The summed E-state index contributed by atoms with van der Waals surface area (Å²) in [4.78, 5) is 13.4. The zero-order valence-corrected chi connectivity index (χ0v) is 11.5. The van der Waals surface area contributed by atoms with Crippen LogP contribution in [0.25, 0.3) is 11.0 Å². The number of carboxylic acids is 1. The summed E-state index contributed by atoms with van der Waals surface area (Å²) in [6.07, 6.45) is 2.41. The molecule has 2 heterocycles. The van der Waals surface area contributed by atoms with Crippen LogP contribution in [-0.4, -0.2) is 50.1 Å². The molecule has 6 heteroatoms. The Kier molecular flexibility index (Phi) is 3.40. The van der Waals surface area contributed by atoms with Gasteiger partial charge in [-0.05, 0) is 44.1 Å². The highest BCUT2D eigenvalue weighted by Gasteiger charge is 2.24. The predicted octanol–water partition coefficient (Wildman–Crippen LogP) is 1.61. The maximum atomic E-state index is 11.0. The molecule has 1 N–H and O–H groups in total. The molecule has 0 saturated carbocycles. The van der Waals surface area contributed by atoms with E-state index < -0.39 is 5.97 Å². The van der Waals surface area contributed by atoms with Gasteiger partial charge in [0.25, 0.3) is 0 Å². The van der Waals surface area contributed by atoms with Crippen molar-refractivity contribution in [3.05, 3.63) is 23.8 Å². The molecule has 1 aromatic carbocycles. The van der Waals surface area contributed by atoms with Gasteiger partial charge in [-0.15, -0.1) is 5.10 Å². The third-order valence-corrected chi connectivity index (χ3v) is 4.05. The van der Waals surface area contributed by atoms with Crippen LogP contribution >= 0.6 is 0 Å². The van der Waals surface area contributed by atoms with E-state index in [0.717, 1.165) is 25.2 Å². The number of aromatic nitrogens is 3. The van der Waals surface area contributed by atoms with Gasteiger partial charge in [-0.25, -0.2) is 9.48 Å². The zero-order chi connectivity index (χ0) is 14.1. The van der Waals surface area contributed by atoms with Gasteiger partial charge in [-0.2, -0.15) is 0 Å². The number of rotatable bonds is 4. The Hall–Kier alpha value is -1.95. The molecule has 1 unspecified atom stereocenters. The van der Waals surface area contributed by atoms with E-state index in [1.54, 1.807) is 18.2 Å². The Labute approximate surface area is 117 Å². The lowest BCUT2D eigenvalue weighted by atomic mass is 10.2. The van der Waals surface area contributed by atoms with Crippen LogP contribution < -0.4 is 0 Å². The number of hydrogen-bond donors (Lipinski definition) is 1. The second kappa shape index (κ2) is 5.20. The first-order valence-electron chi connectivity index (χ1n) is 6.99. The van der Waals surface area contributed by atoms with Crippen LogP contribution in [0.4, 0.5) is 0 Å². The number of likely N-dealkylation sites (N-methyl/N-ethyl adjacent to an activating group) is 1. The van der Waals surface area contributed by atoms with E-state index in [0.29, 0.717) is 11.6 Å². The minimum Gasteiger partial charge on any atom is -0.478 e. The van der Waals surface area contributed by atoms with Gasteiger partial charge >= 0.3 is 5.97 Å². The van der Waals surface area contributed by atoms with Crippen LogP contribution in [0.15, 0.2) is 18.2 Å². The van der Waals surface area contributed by atoms with Gasteiger partial charge in [0, 0.05) is 6.04 Å². The van der Waals surface area contributed by atoms with Gasteiger partial charge in [0.2, 0.25) is 0 Å². The fourth-order valence-corrected chi connectivity index (χ4v) is 2.96. The number of carboxylic acid groups (broad SMARTS) is 1. The standard InChI is InChI=1S/C14H18N4O2/c1-2-17-7-3-4-11(17)9-18-13-6-5-10(14(19)20)8-12(13)15-16-18/h5-6,8,11H,2-4,7,9H2,1H3,(H,19,20). The van der Waals surface area contributed by atoms with Crippen molar-refractivity contribution in [3.63, 3.8) is 0 Å². The van der Waals surface area contributed by atoms with Crippen molar-refractivity contribution in [2.45, 2.75) is 32.4 Å². The fraction of sp³-hybridized carbons (Fsp3) is 0.500. The molecule has 0 amide bonds. The average molecular weight is 274 g/mol. The van der Waals surface area contributed by atoms with Gasteiger partial charge < -0.3 is 5.11 Å². The van der Waals surface area contributed by atoms with Gasteiger partial charge in [0.15, 0.2) is 0 Å². The third kappa shape index (κ3) is 2.27. The first-order valence-corrected chi connectivity index (χ1v) is 6.99. The third-order valence-electron chi connectivity index (χ3n) is 4.05. The van der Waals surface area contributed by atoms with Gasteiger partial charge in [0.05, 0.1) is 17.6 Å². The van der Waals surface area contributed by atoms with E-state index in [2.05, 4.69) is 22.1 Å². The molecule has 0 spiro atoms. The number of likely N-dealkylation sites (tertiary alicyclic amines) is 1. The van der Waals surface area contributed by atoms with Crippen LogP contribution in [0.1, 0.15) is 30.1 Å². The van der Waals surface area contributed by atoms with Crippen molar-refractivity contribution in [1.82, 2.24) is 19.9 Å². The molecular weight excluding hydrogens is 256 g/mol. The maximum Gasteiger partial charge on any atom is 0.335 e. The van der Waals surface area contributed by atoms with E-state index >= 15 is 0 Å². The minimum absolute atomic E-state index is 0.251. The van der Waals surface area contributed by atoms with Gasteiger partial charge in [0.1, 0.15) is 5.52 Å². The largest absolute Gasteiger partial charge is 0.478 e. The first-order chi connectivity index (χ1) is 9.69. The molecule has 106 valence electrons. The number of aromatic carboxylic acids is 1. The van der Waals surface area contributed by atoms with Crippen LogP contribution in [0, 0.1) is 0 Å². The molecule has 6 nitrogen and oxygen atoms in total. The monoisotopic (exact) mass is 274 g/mol. The van der Waals surface area contributed by atoms with Crippen LogP contribution in [0.2, 0.25) is 0 Å². The van der Waals surface area contributed by atoms with Crippen LogP contribution in [-0.2, 0) is 6.54 Å². The molecule has 1 aliphatic rings. The number of fused-ring (bicyclic) bond motifs is 1. The van der Waals surface area contributed by atoms with Crippen molar-refractivity contribution in [3.8, 4) is 0 Å². The van der Waals surface area contributed by atoms with E-state index in [1.165, 1.54) is 12.8 Å². The van der Waals surface area contributed by atoms with E-state index in [-0.39, 0.29) is 5.56 Å². The highest BCUT2D eigenvalue weighted by Crippen LogP contribution is 2.20. The lowest BCUT2D eigenvalue weighted by Crippen LogP contribution is -2.33. The summed E-state index contributed by atoms with van der Waals surface area (Å²) in [7, 11) is 0. The number of hydrogen-bond acceptors (Lipinski definition) is 4. The minimum atomic E-state index is -0.936. The summed E-state index contributed by atoms with van der Waals surface area (Å²) in [6.45, 7) is 5.20. The number of nitrogens with zero attached hydrogens (tertiary/aromatic N) is 4. The van der Waals surface area contributed by atoms with Crippen molar-refractivity contribution in [2.75, 3.05) is 13.1 Å². The quantitative estimate of drug-likeness (QED) is 0.917. The van der Waals surface area contributed by atoms with Crippen LogP contribution in [0.5, 0.6) is 0 Å². The maximum absolute atomic E-state index is 11.0. The molecule has 0 radical (unpaired) electrons. The molecule has 0 bridgehead atoms. The van der Waals surface area contributed by atoms with E-state index in [4.69, 9.17) is 5.11 Å². The highest BCUT2D eigenvalue weighted by molar-refractivity contribution is 5.92. The molecule has 2 aromatic rings. The Bertz CT molecular complexity index is 637. The first kappa shape index (κ1) is 13.1. The summed E-state index contributed by atoms with van der Waals surface area (Å²) < 4.78 is 1.89. The lowest BCUT2D eigenvalue weighted by molar-refractivity contribution is 0.0697. The van der Waals surface area contributed by atoms with Crippen molar-refractivity contribution in [1.29, 1.82) is 0 Å². The Morgan fingerprint density at radius 1 is 1.50 bits per heavy atom. The van der Waals surface area contributed by atoms with E-state index in [9.17, 15) is 4.79 Å². The van der Waals surface area contributed by atoms with E-state index in [1.807, 2.05) is 4.68 Å². The fourth-order valence-electron chi connectivity index (χ4n) is 2.96. The molecular formula is C14H18N4O2. The number of carbonyl (C=O) groups is 1. The highest BCUT2D eigenvalue weighted by atomic mass is 16.4. The molecule has 1 aromatic heterocycles. The molecule has 1 atom stereocenters. The Morgan fingerprint density at radius 2 is 2.35 bits per heavy atom. The molecule has 1 aliphatic heterocycles. The van der Waals surface area contributed by atoms with Gasteiger partial charge in [-0.1, -0.05) is 12.1 Å². The molecule has 3 rings (SSSR count). The average Bonchev–Trinajstić information content (AvgIpc) is 3.05. The van der Waals surface area contributed by atoms with Crippen LogP contribution in [0.3, 0.4) is 0 Å². The molecule has 1 fully saturated rings. The summed E-state index contributed by atoms with van der Waals surface area (Å²) in [5, 5.41) is 17.2. The predicted molar refractivity (Wildman–Crippen MR) is 74.8 cm³/mol. The normalized spacial score (nSPS) is 19.8. The Morgan fingerprint density at radius 3 is 3.10 bits per heavy atom. The molecule has 1 saturated heterocycles. The van der Waals surface area contributed by atoms with Crippen molar-refractivity contribution < 1.29 is 9.90 Å². The molecule has 20 heavy (non-hydrogen) atoms. The molecule has 0 aliphatic carbocycles.